The Bertz CT molecular complexity index is 453. The van der Waals surface area contributed by atoms with Crippen LogP contribution in [0.15, 0.2) is 24.3 Å². The summed E-state index contributed by atoms with van der Waals surface area (Å²) in [5, 5.41) is 17.0. The van der Waals surface area contributed by atoms with Crippen LogP contribution in [0, 0.1) is 0 Å². The number of aromatic carboxylic acids is 2. The molecule has 6 heteroatoms. The van der Waals surface area contributed by atoms with Crippen molar-refractivity contribution in [1.29, 1.82) is 0 Å². The van der Waals surface area contributed by atoms with Gasteiger partial charge in [-0.15, -0.1) is 0 Å². The molecular weight excluding hydrogens is 320 g/mol. The third-order valence-corrected chi connectivity index (χ3v) is 3.76. The van der Waals surface area contributed by atoms with Crippen molar-refractivity contribution >= 4 is 11.9 Å². The van der Waals surface area contributed by atoms with E-state index in [0.717, 1.165) is 19.2 Å². The Morgan fingerprint density at radius 3 is 1.28 bits per heavy atom. The minimum absolute atomic E-state index is 0.0186. The number of unbranched alkanes of at least 4 members (excludes halogenated alkanes) is 8. The third kappa shape index (κ3) is 13.1. The van der Waals surface area contributed by atoms with Crippen LogP contribution in [0.2, 0.25) is 0 Å². The van der Waals surface area contributed by atoms with Crippen LogP contribution in [0.5, 0.6) is 0 Å². The Hall–Kier alpha value is -1.92. The molecule has 0 amide bonds. The lowest BCUT2D eigenvalue weighted by molar-refractivity contribution is 0.0696. The first-order valence-electron chi connectivity index (χ1n) is 8.99. The van der Waals surface area contributed by atoms with Crippen LogP contribution < -0.4 is 11.5 Å². The summed E-state index contributed by atoms with van der Waals surface area (Å²) >= 11 is 0. The second-order valence-electron chi connectivity index (χ2n) is 5.95. The second-order valence-corrected chi connectivity index (χ2v) is 5.95. The number of hydrogen-bond acceptors (Lipinski definition) is 4. The maximum Gasteiger partial charge on any atom is 0.335 e. The topological polar surface area (TPSA) is 127 Å². The molecule has 25 heavy (non-hydrogen) atoms. The van der Waals surface area contributed by atoms with Crippen LogP contribution >= 0.6 is 0 Å². The van der Waals surface area contributed by atoms with E-state index in [-0.39, 0.29) is 11.1 Å². The predicted molar refractivity (Wildman–Crippen MR) is 100 cm³/mol. The van der Waals surface area contributed by atoms with Crippen molar-refractivity contribution in [2.45, 2.75) is 57.8 Å². The van der Waals surface area contributed by atoms with Gasteiger partial charge in [-0.05, 0) is 44.1 Å². The summed E-state index contributed by atoms with van der Waals surface area (Å²) in [5.41, 5.74) is 10.8. The highest BCUT2D eigenvalue weighted by Crippen LogP contribution is 2.08. The molecule has 0 heterocycles. The fraction of sp³-hybridized carbons (Fsp3) is 0.579. The molecule has 0 radical (unpaired) electrons. The van der Waals surface area contributed by atoms with Crippen molar-refractivity contribution in [2.75, 3.05) is 13.1 Å². The third-order valence-electron chi connectivity index (χ3n) is 3.76. The number of carboxylic acid groups (broad SMARTS) is 2. The maximum absolute atomic E-state index is 10.4. The molecule has 6 N–H and O–H groups in total. The van der Waals surface area contributed by atoms with Crippen molar-refractivity contribution in [3.63, 3.8) is 0 Å². The van der Waals surface area contributed by atoms with Crippen LogP contribution in [0.25, 0.3) is 0 Å². The lowest BCUT2D eigenvalue weighted by atomic mass is 10.1. The molecule has 0 unspecified atom stereocenters. The Balaban J connectivity index is 0.000000462. The molecule has 0 atom stereocenters. The molecule has 0 fully saturated rings. The van der Waals surface area contributed by atoms with Crippen molar-refractivity contribution < 1.29 is 19.8 Å². The van der Waals surface area contributed by atoms with Crippen LogP contribution in [0.1, 0.15) is 78.5 Å². The molecule has 0 aliphatic heterocycles. The number of benzene rings is 1. The zero-order valence-corrected chi connectivity index (χ0v) is 15.0. The van der Waals surface area contributed by atoms with Gasteiger partial charge in [-0.1, -0.05) is 51.0 Å². The van der Waals surface area contributed by atoms with Gasteiger partial charge in [0.05, 0.1) is 11.1 Å². The average molecular weight is 352 g/mol. The van der Waals surface area contributed by atoms with E-state index in [9.17, 15) is 9.59 Å². The highest BCUT2D eigenvalue weighted by molar-refractivity contribution is 5.93. The van der Waals surface area contributed by atoms with E-state index < -0.39 is 11.9 Å². The minimum atomic E-state index is -1.13. The number of carbonyl (C=O) groups is 2. The quantitative estimate of drug-likeness (QED) is 0.426. The summed E-state index contributed by atoms with van der Waals surface area (Å²) in [5.74, 6) is -2.25. The molecule has 0 spiro atoms. The number of hydrogen-bond donors (Lipinski definition) is 4. The van der Waals surface area contributed by atoms with E-state index in [2.05, 4.69) is 0 Å². The number of rotatable bonds is 12. The number of carboxylic acids is 2. The van der Waals surface area contributed by atoms with Gasteiger partial charge in [0.25, 0.3) is 0 Å². The van der Waals surface area contributed by atoms with Crippen molar-refractivity contribution in [3.8, 4) is 0 Å². The lowest BCUT2D eigenvalue weighted by Crippen LogP contribution is -2.01. The molecule has 0 aliphatic rings. The maximum atomic E-state index is 10.4. The van der Waals surface area contributed by atoms with Gasteiger partial charge in [-0.25, -0.2) is 9.59 Å². The molecule has 0 aromatic heterocycles. The highest BCUT2D eigenvalue weighted by atomic mass is 16.4. The van der Waals surface area contributed by atoms with Crippen LogP contribution in [-0.2, 0) is 0 Å². The molecule has 1 aromatic carbocycles. The van der Waals surface area contributed by atoms with E-state index in [4.69, 9.17) is 21.7 Å². The van der Waals surface area contributed by atoms with Crippen LogP contribution in [0.4, 0.5) is 0 Å². The van der Waals surface area contributed by atoms with Crippen LogP contribution in [-0.4, -0.2) is 35.2 Å². The molecule has 0 saturated carbocycles. The first-order chi connectivity index (χ1) is 12.0. The number of nitrogens with two attached hydrogens (primary N) is 2. The minimum Gasteiger partial charge on any atom is -0.478 e. The SMILES string of the molecule is NCCCCCCCCCCCN.O=C(O)c1cccc(C(=O)O)c1. The zero-order valence-electron chi connectivity index (χ0n) is 15.0. The van der Waals surface area contributed by atoms with Crippen molar-refractivity contribution in [1.82, 2.24) is 0 Å². The molecule has 142 valence electrons. The smallest absolute Gasteiger partial charge is 0.335 e. The molecule has 1 rings (SSSR count). The van der Waals surface area contributed by atoms with Gasteiger partial charge in [0.2, 0.25) is 0 Å². The lowest BCUT2D eigenvalue weighted by Gasteiger charge is -2.00. The largest absolute Gasteiger partial charge is 0.478 e. The Kier molecular flexibility index (Phi) is 14.4. The summed E-state index contributed by atoms with van der Waals surface area (Å²) in [6, 6.07) is 5.20. The van der Waals surface area contributed by atoms with Gasteiger partial charge < -0.3 is 21.7 Å². The summed E-state index contributed by atoms with van der Waals surface area (Å²) in [4.78, 5) is 20.8. The first-order valence-corrected chi connectivity index (χ1v) is 8.99. The standard InChI is InChI=1S/C11H26N2.C8H6O4/c12-10-8-6-4-2-1-3-5-7-9-11-13;9-7(10)5-2-1-3-6(4-5)8(11)12/h1-13H2;1-4H,(H,9,10)(H,11,12). The van der Waals surface area contributed by atoms with E-state index in [1.807, 2.05) is 0 Å². The molecular formula is C19H32N2O4. The Morgan fingerprint density at radius 2 is 1.00 bits per heavy atom. The predicted octanol–water partition coefficient (Wildman–Crippen LogP) is 3.50. The van der Waals surface area contributed by atoms with Crippen molar-refractivity contribution in [2.24, 2.45) is 11.5 Å². The van der Waals surface area contributed by atoms with E-state index in [1.165, 1.54) is 76.0 Å². The fourth-order valence-corrected chi connectivity index (χ4v) is 2.31. The monoisotopic (exact) mass is 352 g/mol. The van der Waals surface area contributed by atoms with Crippen LogP contribution in [0.3, 0.4) is 0 Å². The zero-order chi connectivity index (χ0) is 18.9. The van der Waals surface area contributed by atoms with E-state index >= 15 is 0 Å². The van der Waals surface area contributed by atoms with Gasteiger partial charge in [0, 0.05) is 0 Å². The molecule has 0 saturated heterocycles. The molecule has 0 aliphatic carbocycles. The summed E-state index contributed by atoms with van der Waals surface area (Å²) in [6.07, 6.45) is 12.0. The van der Waals surface area contributed by atoms with E-state index in [0.29, 0.717) is 0 Å². The second kappa shape index (κ2) is 15.6. The molecule has 0 bridgehead atoms. The highest BCUT2D eigenvalue weighted by Gasteiger charge is 2.06. The van der Waals surface area contributed by atoms with Crippen molar-refractivity contribution in [3.05, 3.63) is 35.4 Å². The summed E-state index contributed by atoms with van der Waals surface area (Å²) in [6.45, 7) is 1.72. The fourth-order valence-electron chi connectivity index (χ4n) is 2.31. The Labute approximate surface area is 150 Å². The van der Waals surface area contributed by atoms with Gasteiger partial charge in [0.1, 0.15) is 0 Å². The van der Waals surface area contributed by atoms with Gasteiger partial charge in [0.15, 0.2) is 0 Å². The summed E-state index contributed by atoms with van der Waals surface area (Å²) < 4.78 is 0. The molecule has 6 nitrogen and oxygen atoms in total. The normalized spacial score (nSPS) is 10.0. The van der Waals surface area contributed by atoms with Gasteiger partial charge in [-0.3, -0.25) is 0 Å². The Morgan fingerprint density at radius 1 is 0.680 bits per heavy atom. The van der Waals surface area contributed by atoms with Gasteiger partial charge >= 0.3 is 11.9 Å². The summed E-state index contributed by atoms with van der Waals surface area (Å²) in [7, 11) is 0. The first kappa shape index (κ1) is 23.1. The molecule has 1 aromatic rings. The van der Waals surface area contributed by atoms with Gasteiger partial charge in [-0.2, -0.15) is 0 Å². The average Bonchev–Trinajstić information content (AvgIpc) is 2.61. The van der Waals surface area contributed by atoms with E-state index in [1.54, 1.807) is 0 Å².